The molecule has 2 aromatic heterocycles. The molecule has 0 N–H and O–H groups in total. The van der Waals surface area contributed by atoms with Crippen molar-refractivity contribution < 1.29 is 9.47 Å². The number of hydrogen-bond donors (Lipinski definition) is 0. The summed E-state index contributed by atoms with van der Waals surface area (Å²) in [5.74, 6) is 2.24. The van der Waals surface area contributed by atoms with E-state index in [4.69, 9.17) is 14.6 Å². The van der Waals surface area contributed by atoms with Crippen molar-refractivity contribution in [1.82, 2.24) is 14.8 Å². The summed E-state index contributed by atoms with van der Waals surface area (Å²) in [5.41, 5.74) is 2.79. The van der Waals surface area contributed by atoms with Gasteiger partial charge in [-0.2, -0.15) is 9.78 Å². The molecule has 0 spiro atoms. The molecule has 2 heterocycles. The van der Waals surface area contributed by atoms with Crippen LogP contribution in [0, 0.1) is 5.92 Å². The summed E-state index contributed by atoms with van der Waals surface area (Å²) in [4.78, 5) is 4.59. The lowest BCUT2D eigenvalue weighted by atomic mass is 10.2. The Kier molecular flexibility index (Phi) is 3.52. The van der Waals surface area contributed by atoms with Crippen LogP contribution < -0.4 is 9.47 Å². The van der Waals surface area contributed by atoms with Gasteiger partial charge >= 0.3 is 0 Å². The highest BCUT2D eigenvalue weighted by atomic mass is 16.5. The predicted molar refractivity (Wildman–Crippen MR) is 101 cm³/mol. The highest BCUT2D eigenvalue weighted by Gasteiger charge is 2.24. The number of pyridine rings is 1. The first-order chi connectivity index (χ1) is 12.8. The monoisotopic (exact) mass is 345 g/mol. The van der Waals surface area contributed by atoms with Crippen LogP contribution in [0.2, 0.25) is 0 Å². The van der Waals surface area contributed by atoms with Gasteiger partial charge < -0.3 is 9.47 Å². The second kappa shape index (κ2) is 6.02. The summed E-state index contributed by atoms with van der Waals surface area (Å²) >= 11 is 0. The third-order valence-corrected chi connectivity index (χ3v) is 4.84. The molecule has 5 heteroatoms. The van der Waals surface area contributed by atoms with E-state index in [0.717, 1.165) is 45.7 Å². The molecule has 0 radical (unpaired) electrons. The molecule has 5 rings (SSSR count). The van der Waals surface area contributed by atoms with Crippen LogP contribution in [0.25, 0.3) is 27.5 Å². The van der Waals surface area contributed by atoms with Gasteiger partial charge in [0.2, 0.25) is 5.88 Å². The molecule has 1 fully saturated rings. The molecule has 4 aromatic rings. The van der Waals surface area contributed by atoms with Gasteiger partial charge in [-0.3, -0.25) is 4.98 Å². The molecule has 1 saturated carbocycles. The predicted octanol–water partition coefficient (Wildman–Crippen LogP) is 4.37. The van der Waals surface area contributed by atoms with E-state index in [9.17, 15) is 0 Å². The van der Waals surface area contributed by atoms with Crippen molar-refractivity contribution >= 4 is 21.8 Å². The lowest BCUT2D eigenvalue weighted by molar-refractivity contribution is 0.283. The highest BCUT2D eigenvalue weighted by molar-refractivity contribution is 6.05. The van der Waals surface area contributed by atoms with Crippen molar-refractivity contribution in [3.63, 3.8) is 0 Å². The van der Waals surface area contributed by atoms with E-state index in [1.54, 1.807) is 7.11 Å². The first-order valence-corrected chi connectivity index (χ1v) is 8.87. The van der Waals surface area contributed by atoms with Crippen LogP contribution in [0.1, 0.15) is 12.8 Å². The average Bonchev–Trinajstić information content (AvgIpc) is 3.45. The quantitative estimate of drug-likeness (QED) is 0.539. The molecule has 0 bridgehead atoms. The maximum Gasteiger partial charge on any atom is 0.226 e. The third kappa shape index (κ3) is 2.56. The van der Waals surface area contributed by atoms with Crippen molar-refractivity contribution in [3.8, 4) is 17.3 Å². The lowest BCUT2D eigenvalue weighted by Crippen LogP contribution is -2.05. The van der Waals surface area contributed by atoms with Crippen molar-refractivity contribution in [1.29, 1.82) is 0 Å². The molecule has 5 nitrogen and oxygen atoms in total. The van der Waals surface area contributed by atoms with Gasteiger partial charge in [-0.05, 0) is 49.1 Å². The van der Waals surface area contributed by atoms with Crippen LogP contribution in [-0.4, -0.2) is 28.5 Å². The average molecular weight is 345 g/mol. The van der Waals surface area contributed by atoms with Gasteiger partial charge in [-0.1, -0.05) is 18.2 Å². The van der Waals surface area contributed by atoms with E-state index in [-0.39, 0.29) is 0 Å². The standard InChI is InChI=1S/C21H19N3O2/c1-25-16-10-8-15(9-11-16)24-21(26-13-14-6-7-14)18-12-22-19-5-3-2-4-17(19)20(18)23-24/h2-5,8-12,14H,6-7,13H2,1H3. The first kappa shape index (κ1) is 15.2. The SMILES string of the molecule is COc1ccc(-n2nc3c(cnc4ccccc43)c2OCC2CC2)cc1. The topological polar surface area (TPSA) is 49.2 Å². The van der Waals surface area contributed by atoms with Crippen molar-refractivity contribution in [2.24, 2.45) is 5.92 Å². The Morgan fingerprint density at radius 3 is 2.62 bits per heavy atom. The summed E-state index contributed by atoms with van der Waals surface area (Å²) in [6.45, 7) is 0.726. The summed E-state index contributed by atoms with van der Waals surface area (Å²) in [5, 5.41) is 6.86. The van der Waals surface area contributed by atoms with E-state index in [1.807, 2.05) is 53.3 Å². The van der Waals surface area contributed by atoms with Gasteiger partial charge in [0.1, 0.15) is 11.3 Å². The fourth-order valence-corrected chi connectivity index (χ4v) is 3.17. The molecule has 26 heavy (non-hydrogen) atoms. The van der Waals surface area contributed by atoms with Crippen LogP contribution in [0.5, 0.6) is 11.6 Å². The highest BCUT2D eigenvalue weighted by Crippen LogP contribution is 2.35. The number of ether oxygens (including phenoxy) is 2. The number of nitrogens with zero attached hydrogens (tertiary/aromatic N) is 3. The van der Waals surface area contributed by atoms with E-state index in [2.05, 4.69) is 11.1 Å². The minimum atomic E-state index is 0.665. The Morgan fingerprint density at radius 2 is 1.85 bits per heavy atom. The zero-order valence-corrected chi connectivity index (χ0v) is 14.6. The fourth-order valence-electron chi connectivity index (χ4n) is 3.17. The second-order valence-electron chi connectivity index (χ2n) is 6.71. The minimum Gasteiger partial charge on any atom is -0.497 e. The number of aromatic nitrogens is 3. The number of rotatable bonds is 5. The van der Waals surface area contributed by atoms with Crippen LogP contribution in [0.3, 0.4) is 0 Å². The lowest BCUT2D eigenvalue weighted by Gasteiger charge is -2.10. The van der Waals surface area contributed by atoms with Gasteiger partial charge in [0, 0.05) is 11.6 Å². The Balaban J connectivity index is 1.70. The number of hydrogen-bond acceptors (Lipinski definition) is 4. The Morgan fingerprint density at radius 1 is 1.04 bits per heavy atom. The summed E-state index contributed by atoms with van der Waals surface area (Å²) in [6, 6.07) is 15.9. The van der Waals surface area contributed by atoms with Gasteiger partial charge in [-0.25, -0.2) is 0 Å². The molecule has 0 atom stereocenters. The maximum absolute atomic E-state index is 6.20. The molecule has 1 aliphatic carbocycles. The second-order valence-corrected chi connectivity index (χ2v) is 6.71. The van der Waals surface area contributed by atoms with E-state index >= 15 is 0 Å². The van der Waals surface area contributed by atoms with Crippen molar-refractivity contribution in [3.05, 3.63) is 54.7 Å². The first-order valence-electron chi connectivity index (χ1n) is 8.87. The van der Waals surface area contributed by atoms with Crippen molar-refractivity contribution in [2.45, 2.75) is 12.8 Å². The molecule has 0 saturated heterocycles. The van der Waals surface area contributed by atoms with Crippen LogP contribution >= 0.6 is 0 Å². The van der Waals surface area contributed by atoms with Crippen LogP contribution in [-0.2, 0) is 0 Å². The number of benzene rings is 2. The molecule has 0 aliphatic heterocycles. The Hall–Kier alpha value is -3.08. The maximum atomic E-state index is 6.20. The number of para-hydroxylation sites is 1. The number of fused-ring (bicyclic) bond motifs is 3. The molecular weight excluding hydrogens is 326 g/mol. The van der Waals surface area contributed by atoms with Crippen LogP contribution in [0.15, 0.2) is 54.7 Å². The molecule has 0 unspecified atom stereocenters. The molecular formula is C21H19N3O2. The normalized spacial score (nSPS) is 14.0. The zero-order valence-electron chi connectivity index (χ0n) is 14.6. The molecule has 1 aliphatic rings. The Labute approximate surface area is 151 Å². The molecule has 130 valence electrons. The van der Waals surface area contributed by atoms with Gasteiger partial charge in [0.15, 0.2) is 0 Å². The Bertz CT molecular complexity index is 1080. The number of methoxy groups -OCH3 is 1. The van der Waals surface area contributed by atoms with Gasteiger partial charge in [0.05, 0.1) is 30.3 Å². The van der Waals surface area contributed by atoms with Gasteiger partial charge in [-0.15, -0.1) is 0 Å². The largest absolute Gasteiger partial charge is 0.497 e. The van der Waals surface area contributed by atoms with Crippen molar-refractivity contribution in [2.75, 3.05) is 13.7 Å². The smallest absolute Gasteiger partial charge is 0.226 e. The van der Waals surface area contributed by atoms with E-state index in [1.165, 1.54) is 12.8 Å². The fraction of sp³-hybridized carbons (Fsp3) is 0.238. The van der Waals surface area contributed by atoms with Gasteiger partial charge in [0.25, 0.3) is 0 Å². The zero-order chi connectivity index (χ0) is 17.5. The molecule has 2 aromatic carbocycles. The molecule has 0 amide bonds. The van der Waals surface area contributed by atoms with E-state index < -0.39 is 0 Å². The summed E-state index contributed by atoms with van der Waals surface area (Å²) in [7, 11) is 1.67. The van der Waals surface area contributed by atoms with Crippen LogP contribution in [0.4, 0.5) is 0 Å². The third-order valence-electron chi connectivity index (χ3n) is 4.84. The summed E-state index contributed by atoms with van der Waals surface area (Å²) < 4.78 is 13.3. The minimum absolute atomic E-state index is 0.665. The van der Waals surface area contributed by atoms with E-state index in [0.29, 0.717) is 5.92 Å². The summed E-state index contributed by atoms with van der Waals surface area (Å²) in [6.07, 6.45) is 4.36.